The van der Waals surface area contributed by atoms with Crippen LogP contribution < -0.4 is 0 Å². The second-order valence-electron chi connectivity index (χ2n) is 13.3. The Kier molecular flexibility index (Phi) is 8.04. The highest BCUT2D eigenvalue weighted by Gasteiger charge is 2.21. The van der Waals surface area contributed by atoms with Crippen LogP contribution in [0.1, 0.15) is 0 Å². The minimum absolute atomic E-state index is 0.557. The lowest BCUT2D eigenvalue weighted by molar-refractivity contribution is 0.669. The first-order chi connectivity index (χ1) is 27.2. The standard InChI is InChI=1S/C49H31N5O/c1-5-16-32(17-6-1)36-24-13-25-37(30-36)47-52-46(35-22-11-4-12-23-35)53-48(54-47)39-27-15-29-43-44(39)38-26-14-28-40(45(38)55-43)49-50-41(33-18-7-2-8-19-33)31-42(51-49)34-20-9-3-10-21-34/h1-31H. The van der Waals surface area contributed by atoms with E-state index in [0.29, 0.717) is 28.9 Å². The van der Waals surface area contributed by atoms with E-state index in [-0.39, 0.29) is 0 Å². The lowest BCUT2D eigenvalue weighted by Crippen LogP contribution is -2.00. The molecule has 0 saturated heterocycles. The van der Waals surface area contributed by atoms with E-state index < -0.39 is 0 Å². The molecule has 0 saturated carbocycles. The van der Waals surface area contributed by atoms with Crippen molar-refractivity contribution in [1.29, 1.82) is 0 Å². The molecular weight excluding hydrogens is 675 g/mol. The van der Waals surface area contributed by atoms with Crippen LogP contribution in [0.15, 0.2) is 192 Å². The van der Waals surface area contributed by atoms with Gasteiger partial charge in [0.2, 0.25) is 0 Å². The number of nitrogens with zero attached hydrogens (tertiary/aromatic N) is 5. The van der Waals surface area contributed by atoms with Gasteiger partial charge in [-0.1, -0.05) is 164 Å². The monoisotopic (exact) mass is 705 g/mol. The molecule has 3 heterocycles. The molecule has 258 valence electrons. The zero-order chi connectivity index (χ0) is 36.6. The second-order valence-corrected chi connectivity index (χ2v) is 13.3. The third-order valence-corrected chi connectivity index (χ3v) is 9.76. The van der Waals surface area contributed by atoms with Crippen LogP contribution in [-0.4, -0.2) is 24.9 Å². The first-order valence-electron chi connectivity index (χ1n) is 18.2. The first kappa shape index (κ1) is 32.1. The summed E-state index contributed by atoms with van der Waals surface area (Å²) >= 11 is 0. The minimum atomic E-state index is 0.557. The largest absolute Gasteiger partial charge is 0.455 e. The van der Waals surface area contributed by atoms with Crippen LogP contribution in [0.25, 0.3) is 101 Å². The van der Waals surface area contributed by atoms with Gasteiger partial charge in [-0.2, -0.15) is 0 Å². The normalized spacial score (nSPS) is 11.3. The van der Waals surface area contributed by atoms with E-state index in [1.165, 1.54) is 0 Å². The number of hydrogen-bond acceptors (Lipinski definition) is 6. The van der Waals surface area contributed by atoms with Crippen molar-refractivity contribution in [1.82, 2.24) is 24.9 Å². The topological polar surface area (TPSA) is 77.6 Å². The molecule has 0 aliphatic rings. The van der Waals surface area contributed by atoms with Crippen LogP contribution in [0.2, 0.25) is 0 Å². The van der Waals surface area contributed by atoms with Crippen molar-refractivity contribution in [2.75, 3.05) is 0 Å². The van der Waals surface area contributed by atoms with Gasteiger partial charge in [-0.15, -0.1) is 0 Å². The van der Waals surface area contributed by atoms with Gasteiger partial charge in [0.25, 0.3) is 0 Å². The van der Waals surface area contributed by atoms with Crippen LogP contribution >= 0.6 is 0 Å². The van der Waals surface area contributed by atoms with Gasteiger partial charge in [-0.05, 0) is 35.4 Å². The maximum absolute atomic E-state index is 6.73. The number of rotatable bonds is 7. The van der Waals surface area contributed by atoms with E-state index >= 15 is 0 Å². The molecule has 0 aliphatic carbocycles. The summed E-state index contributed by atoms with van der Waals surface area (Å²) in [7, 11) is 0. The van der Waals surface area contributed by atoms with Gasteiger partial charge in [0.1, 0.15) is 11.2 Å². The van der Waals surface area contributed by atoms with Crippen molar-refractivity contribution in [2.45, 2.75) is 0 Å². The quantitative estimate of drug-likeness (QED) is 0.164. The number of benzene rings is 7. The number of aromatic nitrogens is 5. The van der Waals surface area contributed by atoms with Gasteiger partial charge in [0, 0.05) is 38.6 Å². The zero-order valence-corrected chi connectivity index (χ0v) is 29.5. The SMILES string of the molecule is c1ccc(-c2cccc(-c3nc(-c4ccccc4)nc(-c4cccc5oc6c(-c7nc(-c8ccccc8)cc(-c8ccccc8)n7)cccc6c45)n3)c2)cc1. The van der Waals surface area contributed by atoms with E-state index in [0.717, 1.165) is 72.3 Å². The number of furan rings is 1. The van der Waals surface area contributed by atoms with Crippen molar-refractivity contribution in [2.24, 2.45) is 0 Å². The Labute approximate surface area is 317 Å². The Balaban J connectivity index is 1.16. The molecule has 0 atom stereocenters. The summed E-state index contributed by atoms with van der Waals surface area (Å²) in [5.41, 5.74) is 10.8. The van der Waals surface area contributed by atoms with Gasteiger partial charge in [-0.3, -0.25) is 0 Å². The first-order valence-corrected chi connectivity index (χ1v) is 18.2. The van der Waals surface area contributed by atoms with Crippen molar-refractivity contribution < 1.29 is 4.42 Å². The van der Waals surface area contributed by atoms with Crippen LogP contribution in [-0.2, 0) is 0 Å². The average molecular weight is 706 g/mol. The van der Waals surface area contributed by atoms with Crippen molar-refractivity contribution in [3.05, 3.63) is 188 Å². The van der Waals surface area contributed by atoms with Gasteiger partial charge in [0.15, 0.2) is 23.3 Å². The smallest absolute Gasteiger partial charge is 0.164 e. The fourth-order valence-corrected chi connectivity index (χ4v) is 7.10. The summed E-state index contributed by atoms with van der Waals surface area (Å²) in [6.45, 7) is 0. The maximum Gasteiger partial charge on any atom is 0.164 e. The summed E-state index contributed by atoms with van der Waals surface area (Å²) in [6.07, 6.45) is 0. The van der Waals surface area contributed by atoms with E-state index in [1.807, 2.05) is 127 Å². The molecule has 7 aromatic carbocycles. The molecule has 6 nitrogen and oxygen atoms in total. The van der Waals surface area contributed by atoms with Crippen molar-refractivity contribution >= 4 is 21.9 Å². The Morgan fingerprint density at radius 3 is 1.44 bits per heavy atom. The molecule has 6 heteroatoms. The number of fused-ring (bicyclic) bond motifs is 3. The Morgan fingerprint density at radius 1 is 0.309 bits per heavy atom. The summed E-state index contributed by atoms with van der Waals surface area (Å²) in [6, 6.07) is 63.3. The summed E-state index contributed by atoms with van der Waals surface area (Å²) < 4.78 is 6.73. The molecule has 10 rings (SSSR count). The lowest BCUT2D eigenvalue weighted by atomic mass is 10.0. The fourth-order valence-electron chi connectivity index (χ4n) is 7.10. The summed E-state index contributed by atoms with van der Waals surface area (Å²) in [4.78, 5) is 25.5. The molecule has 0 fully saturated rings. The molecular formula is C49H31N5O. The summed E-state index contributed by atoms with van der Waals surface area (Å²) in [5, 5.41) is 1.84. The minimum Gasteiger partial charge on any atom is -0.455 e. The molecule has 55 heavy (non-hydrogen) atoms. The van der Waals surface area contributed by atoms with Gasteiger partial charge in [-0.25, -0.2) is 24.9 Å². The van der Waals surface area contributed by atoms with Gasteiger partial charge < -0.3 is 4.42 Å². The third kappa shape index (κ3) is 6.11. The molecule has 0 bridgehead atoms. The average Bonchev–Trinajstić information content (AvgIpc) is 3.67. The maximum atomic E-state index is 6.73. The molecule has 0 aliphatic heterocycles. The van der Waals surface area contributed by atoms with Crippen LogP contribution in [0.3, 0.4) is 0 Å². The second kappa shape index (κ2) is 13.8. The highest BCUT2D eigenvalue weighted by molar-refractivity contribution is 6.14. The Morgan fingerprint density at radius 2 is 0.782 bits per heavy atom. The zero-order valence-electron chi connectivity index (χ0n) is 29.5. The van der Waals surface area contributed by atoms with Crippen molar-refractivity contribution in [3.8, 4) is 79.2 Å². The predicted molar refractivity (Wildman–Crippen MR) is 221 cm³/mol. The van der Waals surface area contributed by atoms with E-state index in [9.17, 15) is 0 Å². The Hall–Kier alpha value is -7.57. The number of hydrogen-bond donors (Lipinski definition) is 0. The van der Waals surface area contributed by atoms with E-state index in [4.69, 9.17) is 29.3 Å². The summed E-state index contributed by atoms with van der Waals surface area (Å²) in [5.74, 6) is 2.32. The van der Waals surface area contributed by atoms with Crippen LogP contribution in [0.4, 0.5) is 0 Å². The van der Waals surface area contributed by atoms with E-state index in [1.54, 1.807) is 0 Å². The molecule has 0 N–H and O–H groups in total. The van der Waals surface area contributed by atoms with Gasteiger partial charge >= 0.3 is 0 Å². The molecule has 0 radical (unpaired) electrons. The highest BCUT2D eigenvalue weighted by atomic mass is 16.3. The van der Waals surface area contributed by atoms with E-state index in [2.05, 4.69) is 60.7 Å². The fraction of sp³-hybridized carbons (Fsp3) is 0. The predicted octanol–water partition coefficient (Wildman–Crippen LogP) is 12.2. The third-order valence-electron chi connectivity index (χ3n) is 9.76. The van der Waals surface area contributed by atoms with Gasteiger partial charge in [0.05, 0.1) is 17.0 Å². The van der Waals surface area contributed by atoms with Crippen LogP contribution in [0.5, 0.6) is 0 Å². The molecule has 0 unspecified atom stereocenters. The Bertz CT molecular complexity index is 2910. The highest BCUT2D eigenvalue weighted by Crippen LogP contribution is 2.40. The molecule has 3 aromatic heterocycles. The van der Waals surface area contributed by atoms with Crippen molar-refractivity contribution in [3.63, 3.8) is 0 Å². The molecule has 0 spiro atoms. The molecule has 0 amide bonds. The lowest BCUT2D eigenvalue weighted by Gasteiger charge is -2.10. The van der Waals surface area contributed by atoms with Crippen LogP contribution in [0, 0.1) is 0 Å². The molecule has 10 aromatic rings. The number of para-hydroxylation sites is 1.